The highest BCUT2D eigenvalue weighted by Gasteiger charge is 2.31. The molecule has 0 atom stereocenters. The molecular formula is C24H24F5N5O4. The van der Waals surface area contributed by atoms with Crippen LogP contribution in [0.5, 0.6) is 5.75 Å². The van der Waals surface area contributed by atoms with Crippen molar-refractivity contribution in [3.8, 4) is 11.4 Å². The van der Waals surface area contributed by atoms with Gasteiger partial charge < -0.3 is 20.1 Å². The van der Waals surface area contributed by atoms with Crippen molar-refractivity contribution in [2.24, 2.45) is 0 Å². The van der Waals surface area contributed by atoms with Crippen molar-refractivity contribution < 1.29 is 41.0 Å². The standard InChI is InChI=1S/C24H24F5N5O4/c1-2-30-22(35)16-3-4-20(21(11-16)38-8-7-37-6-5-25)34-14-19(32-33-34)23(36)31-13-15-9-17(24(27,28)29)12-18(26)10-15/h3-4,9-12,14H,2,5-8,13H2,1H3,(H,30,35)(H,31,36). The van der Waals surface area contributed by atoms with Crippen molar-refractivity contribution >= 4 is 11.8 Å². The molecule has 0 radical (unpaired) electrons. The number of alkyl halides is 4. The zero-order chi connectivity index (χ0) is 27.7. The van der Waals surface area contributed by atoms with Crippen LogP contribution in [0.4, 0.5) is 22.0 Å². The minimum Gasteiger partial charge on any atom is -0.489 e. The third kappa shape index (κ3) is 7.71. The molecule has 0 saturated heterocycles. The lowest BCUT2D eigenvalue weighted by Crippen LogP contribution is -2.23. The second-order valence-electron chi connectivity index (χ2n) is 7.77. The van der Waals surface area contributed by atoms with E-state index in [2.05, 4.69) is 20.9 Å². The van der Waals surface area contributed by atoms with E-state index in [0.29, 0.717) is 23.9 Å². The number of rotatable bonds is 12. The van der Waals surface area contributed by atoms with Crippen LogP contribution >= 0.6 is 0 Å². The third-order valence-electron chi connectivity index (χ3n) is 4.98. The molecule has 0 aliphatic carbocycles. The van der Waals surface area contributed by atoms with Gasteiger partial charge in [0.15, 0.2) is 5.69 Å². The van der Waals surface area contributed by atoms with Gasteiger partial charge >= 0.3 is 6.18 Å². The van der Waals surface area contributed by atoms with E-state index >= 15 is 0 Å². The van der Waals surface area contributed by atoms with Crippen molar-refractivity contribution in [2.75, 3.05) is 33.0 Å². The molecule has 3 rings (SSSR count). The van der Waals surface area contributed by atoms with Crippen LogP contribution in [0.1, 0.15) is 38.9 Å². The average Bonchev–Trinajstić information content (AvgIpc) is 3.36. The van der Waals surface area contributed by atoms with Crippen molar-refractivity contribution in [1.29, 1.82) is 0 Å². The van der Waals surface area contributed by atoms with Crippen LogP contribution < -0.4 is 15.4 Å². The maximum atomic E-state index is 13.6. The fourth-order valence-electron chi connectivity index (χ4n) is 3.26. The van der Waals surface area contributed by atoms with Crippen LogP contribution in [0.15, 0.2) is 42.6 Å². The van der Waals surface area contributed by atoms with Crippen LogP contribution in [-0.2, 0) is 17.5 Å². The van der Waals surface area contributed by atoms with Crippen LogP contribution in [0, 0.1) is 5.82 Å². The largest absolute Gasteiger partial charge is 0.489 e. The highest BCUT2D eigenvalue weighted by atomic mass is 19.4. The molecule has 0 unspecified atom stereocenters. The summed E-state index contributed by atoms with van der Waals surface area (Å²) in [5.41, 5.74) is -0.838. The minimum atomic E-state index is -4.74. The molecule has 0 aliphatic rings. The predicted octanol–water partition coefficient (Wildman–Crippen LogP) is 3.47. The Bertz CT molecular complexity index is 1270. The smallest absolute Gasteiger partial charge is 0.416 e. The number of aromatic nitrogens is 3. The van der Waals surface area contributed by atoms with Gasteiger partial charge in [-0.2, -0.15) is 13.2 Å². The number of carbonyl (C=O) groups is 2. The molecule has 2 amide bonds. The van der Waals surface area contributed by atoms with Gasteiger partial charge in [-0.25, -0.2) is 13.5 Å². The summed E-state index contributed by atoms with van der Waals surface area (Å²) >= 11 is 0. The first-order valence-corrected chi connectivity index (χ1v) is 11.4. The van der Waals surface area contributed by atoms with E-state index in [4.69, 9.17) is 9.47 Å². The van der Waals surface area contributed by atoms with Gasteiger partial charge in [0.25, 0.3) is 11.8 Å². The molecule has 38 heavy (non-hydrogen) atoms. The third-order valence-corrected chi connectivity index (χ3v) is 4.98. The second kappa shape index (κ2) is 12.9. The summed E-state index contributed by atoms with van der Waals surface area (Å²) in [6.07, 6.45) is -3.49. The summed E-state index contributed by atoms with van der Waals surface area (Å²) in [6.45, 7) is 1.15. The predicted molar refractivity (Wildman–Crippen MR) is 124 cm³/mol. The first-order valence-electron chi connectivity index (χ1n) is 11.4. The molecular weight excluding hydrogens is 517 g/mol. The molecule has 2 N–H and O–H groups in total. The van der Waals surface area contributed by atoms with E-state index in [0.717, 1.165) is 12.1 Å². The van der Waals surface area contributed by atoms with E-state index in [9.17, 15) is 31.5 Å². The van der Waals surface area contributed by atoms with Crippen LogP contribution in [-0.4, -0.2) is 59.8 Å². The molecule has 1 aromatic heterocycles. The van der Waals surface area contributed by atoms with Crippen molar-refractivity contribution in [3.05, 3.63) is 70.8 Å². The Kier molecular flexibility index (Phi) is 9.71. The molecule has 0 saturated carbocycles. The monoisotopic (exact) mass is 541 g/mol. The number of hydrogen-bond donors (Lipinski definition) is 2. The quantitative estimate of drug-likeness (QED) is 0.269. The lowest BCUT2D eigenvalue weighted by atomic mass is 10.1. The van der Waals surface area contributed by atoms with Gasteiger partial charge in [-0.1, -0.05) is 5.21 Å². The molecule has 14 heteroatoms. The molecule has 3 aromatic rings. The number of nitrogens with one attached hydrogen (secondary N) is 2. The normalized spacial score (nSPS) is 11.3. The summed E-state index contributed by atoms with van der Waals surface area (Å²) in [7, 11) is 0. The van der Waals surface area contributed by atoms with Crippen molar-refractivity contribution in [2.45, 2.75) is 19.6 Å². The van der Waals surface area contributed by atoms with Gasteiger partial charge in [-0.3, -0.25) is 9.59 Å². The Balaban J connectivity index is 1.76. The summed E-state index contributed by atoms with van der Waals surface area (Å²) in [5.74, 6) is -2.00. The Labute approximate surface area is 213 Å². The molecule has 0 spiro atoms. The fourth-order valence-corrected chi connectivity index (χ4v) is 3.26. The molecule has 204 valence electrons. The Morgan fingerprint density at radius 1 is 1.03 bits per heavy atom. The van der Waals surface area contributed by atoms with Gasteiger partial charge in [-0.15, -0.1) is 5.10 Å². The molecule has 1 heterocycles. The lowest BCUT2D eigenvalue weighted by molar-refractivity contribution is -0.137. The van der Waals surface area contributed by atoms with Gasteiger partial charge in [0.05, 0.1) is 25.0 Å². The number of benzene rings is 2. The van der Waals surface area contributed by atoms with E-state index in [1.807, 2.05) is 0 Å². The Hall–Kier alpha value is -4.07. The van der Waals surface area contributed by atoms with Crippen LogP contribution in [0.2, 0.25) is 0 Å². The molecule has 2 aromatic carbocycles. The number of nitrogens with zero attached hydrogens (tertiary/aromatic N) is 3. The van der Waals surface area contributed by atoms with Gasteiger partial charge in [0, 0.05) is 18.7 Å². The highest BCUT2D eigenvalue weighted by molar-refractivity contribution is 5.95. The van der Waals surface area contributed by atoms with Crippen molar-refractivity contribution in [1.82, 2.24) is 25.6 Å². The van der Waals surface area contributed by atoms with E-state index in [1.54, 1.807) is 6.92 Å². The van der Waals surface area contributed by atoms with E-state index < -0.39 is 30.1 Å². The fraction of sp³-hybridized carbons (Fsp3) is 0.333. The second-order valence-corrected chi connectivity index (χ2v) is 7.77. The van der Waals surface area contributed by atoms with Gasteiger partial charge in [-0.05, 0) is 48.9 Å². The first-order chi connectivity index (χ1) is 18.1. The number of carbonyl (C=O) groups excluding carboxylic acids is 2. The Morgan fingerprint density at radius 3 is 2.53 bits per heavy atom. The number of amides is 2. The maximum absolute atomic E-state index is 13.6. The molecule has 0 fully saturated rings. The maximum Gasteiger partial charge on any atom is 0.416 e. The first kappa shape index (κ1) is 28.5. The number of hydrogen-bond acceptors (Lipinski definition) is 6. The number of ether oxygens (including phenoxy) is 2. The van der Waals surface area contributed by atoms with Crippen LogP contribution in [0.25, 0.3) is 5.69 Å². The zero-order valence-electron chi connectivity index (χ0n) is 20.1. The van der Waals surface area contributed by atoms with Crippen molar-refractivity contribution in [3.63, 3.8) is 0 Å². The molecule has 0 bridgehead atoms. The van der Waals surface area contributed by atoms with Gasteiger partial charge in [0.2, 0.25) is 0 Å². The summed E-state index contributed by atoms with van der Waals surface area (Å²) in [6, 6.07) is 6.46. The SMILES string of the molecule is CCNC(=O)c1ccc(-n2cc(C(=O)NCc3cc(F)cc(C(F)(F)F)c3)nn2)c(OCCOCCF)c1. The number of halogens is 5. The summed E-state index contributed by atoms with van der Waals surface area (Å²) in [5, 5.41) is 12.7. The molecule has 9 nitrogen and oxygen atoms in total. The van der Waals surface area contributed by atoms with Crippen LogP contribution in [0.3, 0.4) is 0 Å². The van der Waals surface area contributed by atoms with E-state index in [-0.39, 0.29) is 49.3 Å². The minimum absolute atomic E-state index is 0.0292. The molecule has 0 aliphatic heterocycles. The van der Waals surface area contributed by atoms with E-state index in [1.165, 1.54) is 29.1 Å². The summed E-state index contributed by atoms with van der Waals surface area (Å²) < 4.78 is 76.5. The topological polar surface area (TPSA) is 107 Å². The van der Waals surface area contributed by atoms with Gasteiger partial charge in [0.1, 0.15) is 30.5 Å². The summed E-state index contributed by atoms with van der Waals surface area (Å²) in [4.78, 5) is 24.8. The Morgan fingerprint density at radius 2 is 1.82 bits per heavy atom. The zero-order valence-corrected chi connectivity index (χ0v) is 20.1. The average molecular weight is 541 g/mol. The highest BCUT2D eigenvalue weighted by Crippen LogP contribution is 2.30. The lowest BCUT2D eigenvalue weighted by Gasteiger charge is -2.13.